The third kappa shape index (κ3) is 3.01. The largest absolute Gasteiger partial charge is 0.371 e. The van der Waals surface area contributed by atoms with E-state index in [2.05, 4.69) is 0 Å². The number of hydrogen-bond donors (Lipinski definition) is 7. The second-order valence-electron chi connectivity index (χ2n) is 3.77. The summed E-state index contributed by atoms with van der Waals surface area (Å²) < 4.78 is 22.1. The number of rotatable bonds is 5. The van der Waals surface area contributed by atoms with E-state index >= 15 is 0 Å². The lowest BCUT2D eigenvalue weighted by Crippen LogP contribution is -2.52. The Hall–Kier alpha value is -0.110. The van der Waals surface area contributed by atoms with Crippen LogP contribution in [0.25, 0.3) is 0 Å². The molecule has 0 amide bonds. The fraction of sp³-hybridized carbons (Fsp3) is 0.833. The summed E-state index contributed by atoms with van der Waals surface area (Å²) in [4.78, 5) is 35.6. The van der Waals surface area contributed by atoms with Crippen molar-refractivity contribution in [3.05, 3.63) is 0 Å². The van der Waals surface area contributed by atoms with Gasteiger partial charge < -0.3 is 35.8 Å². The average molecular weight is 290 g/mol. The molecule has 0 bridgehead atoms. The third-order valence-corrected chi connectivity index (χ3v) is 6.40. The van der Waals surface area contributed by atoms with Crippen molar-refractivity contribution < 1.29 is 33.8 Å². The Morgan fingerprint density at radius 2 is 1.53 bits per heavy atom. The Morgan fingerprint density at radius 1 is 1.24 bits per heavy atom. The van der Waals surface area contributed by atoms with E-state index in [4.69, 9.17) is 30.7 Å². The van der Waals surface area contributed by atoms with Gasteiger partial charge in [-0.25, -0.2) is 0 Å². The Bertz CT molecular complexity index is 377. The van der Waals surface area contributed by atoms with Crippen LogP contribution >= 0.6 is 15.2 Å². The molecule has 0 aromatic carbocycles. The van der Waals surface area contributed by atoms with Crippen LogP contribution in [0, 0.1) is 11.3 Å². The van der Waals surface area contributed by atoms with Crippen LogP contribution < -0.4 is 5.73 Å². The molecule has 0 aromatic heterocycles. The molecule has 0 heterocycles. The number of nitrogens with two attached hydrogens (primary N) is 1. The Morgan fingerprint density at radius 3 is 1.71 bits per heavy atom. The van der Waals surface area contributed by atoms with Crippen LogP contribution in [0.3, 0.4) is 0 Å². The molecule has 9 nitrogen and oxygen atoms in total. The van der Waals surface area contributed by atoms with Gasteiger partial charge in [-0.15, -0.1) is 0 Å². The second kappa shape index (κ2) is 4.87. The van der Waals surface area contributed by atoms with Crippen LogP contribution in [0.1, 0.15) is 13.8 Å². The van der Waals surface area contributed by atoms with Gasteiger partial charge in [0.25, 0.3) is 5.08 Å². The zero-order valence-electron chi connectivity index (χ0n) is 9.18. The number of nitrogens with one attached hydrogen (secondary N) is 1. The zero-order chi connectivity index (χ0) is 14.2. The molecule has 2 atom stereocenters. The molecular formula is C6H16N2O7P2. The minimum absolute atomic E-state index is 0.169. The van der Waals surface area contributed by atoms with Gasteiger partial charge >= 0.3 is 15.2 Å². The minimum Gasteiger partial charge on any atom is -0.366 e. The van der Waals surface area contributed by atoms with Gasteiger partial charge in [0.05, 0.1) is 6.04 Å². The lowest BCUT2D eigenvalue weighted by Gasteiger charge is -2.36. The summed E-state index contributed by atoms with van der Waals surface area (Å²) in [5.74, 6) is -1.11. The summed E-state index contributed by atoms with van der Waals surface area (Å²) in [5, 5.41) is 13.2. The summed E-state index contributed by atoms with van der Waals surface area (Å²) in [6, 6.07) is -1.97. The standard InChI is InChI=1S/C6H16N2O7P2/c1-3(4(2)7)5(8)6(9,16(10,11)12)17(13,14)15/h3,5,7,9H,8H2,1-2H3,(H2,10,11,12)(H2,13,14,15). The molecule has 0 fully saturated rings. The molecule has 0 saturated carbocycles. The smallest absolute Gasteiger partial charge is 0.366 e. The number of aliphatic hydroxyl groups is 1. The van der Waals surface area contributed by atoms with Crippen molar-refractivity contribution in [2.75, 3.05) is 0 Å². The third-order valence-electron chi connectivity index (χ3n) is 2.53. The second-order valence-corrected chi connectivity index (χ2v) is 7.67. The predicted octanol–water partition coefficient (Wildman–Crippen LogP) is -1.01. The zero-order valence-corrected chi connectivity index (χ0v) is 11.0. The van der Waals surface area contributed by atoms with E-state index < -0.39 is 32.2 Å². The summed E-state index contributed by atoms with van der Waals surface area (Å²) >= 11 is 0. The Labute approximate surface area is 97.5 Å². The van der Waals surface area contributed by atoms with Crippen LogP contribution in [0.4, 0.5) is 0 Å². The highest BCUT2D eigenvalue weighted by molar-refractivity contribution is 7.72. The first-order valence-corrected chi connectivity index (χ1v) is 7.63. The Balaban J connectivity index is 5.77. The molecule has 0 saturated heterocycles. The average Bonchev–Trinajstić information content (AvgIpc) is 2.10. The van der Waals surface area contributed by atoms with Crippen molar-refractivity contribution in [3.8, 4) is 0 Å². The molecule has 0 aliphatic rings. The fourth-order valence-electron chi connectivity index (χ4n) is 1.16. The van der Waals surface area contributed by atoms with Crippen molar-refractivity contribution in [3.63, 3.8) is 0 Å². The van der Waals surface area contributed by atoms with Crippen molar-refractivity contribution in [2.45, 2.75) is 25.0 Å². The van der Waals surface area contributed by atoms with E-state index in [0.717, 1.165) is 0 Å². The number of hydrogen-bond acceptors (Lipinski definition) is 5. The summed E-state index contributed by atoms with van der Waals surface area (Å²) in [6.07, 6.45) is 0. The quantitative estimate of drug-likeness (QED) is 0.248. The van der Waals surface area contributed by atoms with Crippen LogP contribution in [0.15, 0.2) is 0 Å². The van der Waals surface area contributed by atoms with Gasteiger partial charge in [0.2, 0.25) is 0 Å². The minimum atomic E-state index is -5.59. The molecule has 2 unspecified atom stereocenters. The van der Waals surface area contributed by atoms with Crippen molar-refractivity contribution in [1.82, 2.24) is 0 Å². The lowest BCUT2D eigenvalue weighted by atomic mass is 9.98. The topological polar surface area (TPSA) is 185 Å². The molecule has 0 aromatic rings. The molecule has 11 heteroatoms. The van der Waals surface area contributed by atoms with Crippen molar-refractivity contribution >= 4 is 20.9 Å². The molecule has 8 N–H and O–H groups in total. The Kier molecular flexibility index (Phi) is 4.84. The van der Waals surface area contributed by atoms with Gasteiger partial charge in [0.1, 0.15) is 0 Å². The van der Waals surface area contributed by atoms with Crippen molar-refractivity contribution in [2.24, 2.45) is 11.7 Å². The first-order chi connectivity index (χ1) is 7.26. The molecule has 0 rings (SSSR count). The maximum absolute atomic E-state index is 11.1. The van der Waals surface area contributed by atoms with E-state index in [1.165, 1.54) is 13.8 Å². The van der Waals surface area contributed by atoms with E-state index in [-0.39, 0.29) is 5.71 Å². The van der Waals surface area contributed by atoms with E-state index in [1.807, 2.05) is 0 Å². The van der Waals surface area contributed by atoms with Crippen molar-refractivity contribution in [1.29, 1.82) is 5.41 Å². The monoisotopic (exact) mass is 290 g/mol. The van der Waals surface area contributed by atoms with E-state index in [0.29, 0.717) is 0 Å². The molecular weight excluding hydrogens is 274 g/mol. The van der Waals surface area contributed by atoms with Crippen LogP contribution in [0.5, 0.6) is 0 Å². The van der Waals surface area contributed by atoms with E-state index in [9.17, 15) is 14.2 Å². The van der Waals surface area contributed by atoms with Gasteiger partial charge in [-0.3, -0.25) is 9.13 Å². The van der Waals surface area contributed by atoms with Gasteiger partial charge in [0.15, 0.2) is 0 Å². The molecule has 0 aliphatic carbocycles. The highest BCUT2D eigenvalue weighted by Crippen LogP contribution is 2.69. The normalized spacial score (nSPS) is 17.6. The summed E-state index contributed by atoms with van der Waals surface area (Å²) in [6.45, 7) is 2.47. The van der Waals surface area contributed by atoms with Gasteiger partial charge in [-0.2, -0.15) is 0 Å². The van der Waals surface area contributed by atoms with Crippen LogP contribution in [0.2, 0.25) is 0 Å². The molecule has 0 aliphatic heterocycles. The van der Waals surface area contributed by atoms with E-state index in [1.54, 1.807) is 0 Å². The summed E-state index contributed by atoms with van der Waals surface area (Å²) in [7, 11) is -11.2. The lowest BCUT2D eigenvalue weighted by molar-refractivity contribution is 0.0988. The van der Waals surface area contributed by atoms with Gasteiger partial charge in [-0.1, -0.05) is 6.92 Å². The SMILES string of the molecule is CC(=N)C(C)C(N)C(O)(P(=O)(O)O)P(=O)(O)O. The van der Waals surface area contributed by atoms with Gasteiger partial charge in [0, 0.05) is 11.6 Å². The molecule has 17 heavy (non-hydrogen) atoms. The fourth-order valence-corrected chi connectivity index (χ4v) is 3.74. The first kappa shape index (κ1) is 16.9. The highest BCUT2D eigenvalue weighted by Gasteiger charge is 2.64. The molecule has 102 valence electrons. The van der Waals surface area contributed by atoms with Crippen LogP contribution in [-0.4, -0.2) is 41.5 Å². The molecule has 0 spiro atoms. The summed E-state index contributed by atoms with van der Waals surface area (Å²) in [5.41, 5.74) is 5.12. The highest BCUT2D eigenvalue weighted by atomic mass is 31.2. The predicted molar refractivity (Wildman–Crippen MR) is 59.6 cm³/mol. The maximum atomic E-state index is 11.1. The van der Waals surface area contributed by atoms with Gasteiger partial charge in [-0.05, 0) is 6.92 Å². The molecule has 0 radical (unpaired) electrons. The van der Waals surface area contributed by atoms with Crippen LogP contribution in [-0.2, 0) is 9.13 Å². The first-order valence-electron chi connectivity index (χ1n) is 4.41. The maximum Gasteiger partial charge on any atom is 0.371 e.